The topological polar surface area (TPSA) is 98.4 Å². The molecule has 0 aliphatic heterocycles. The fourth-order valence-corrected chi connectivity index (χ4v) is 4.22. The van der Waals surface area contributed by atoms with E-state index in [0.717, 1.165) is 37.3 Å². The summed E-state index contributed by atoms with van der Waals surface area (Å²) in [5.41, 5.74) is 3.74. The Labute approximate surface area is 286 Å². The fraction of sp³-hybridized carbons (Fsp3) is 0.441. The molecule has 1 amide bonds. The molecule has 8 nitrogen and oxygen atoms in total. The lowest BCUT2D eigenvalue weighted by molar-refractivity contribution is 0.102. The Balaban J connectivity index is 0. The van der Waals surface area contributed by atoms with Crippen molar-refractivity contribution in [3.63, 3.8) is 0 Å². The standard InChI is InChI=1S/C18H23ClN4OS.C6H5NO.C5H13NS.C3H8.C2H6/c1-4-21-25-23(5-2)15-9-6-13(7-10-15)18(24)22-14-8-11-16(19)17(12-14)20-3;8-5-6-2-1-3-7-4-6;1-3-4-5-6-7-2;1-3-2;1-2/h6-12,20-21H,4-5H2,1-3H3,(H,22,24);1-5H;6H,3-5H2,1-2H3;3H2,1-2H3;1-2H3. The highest BCUT2D eigenvalue weighted by Gasteiger charge is 2.10. The van der Waals surface area contributed by atoms with Crippen LogP contribution in [0.2, 0.25) is 5.02 Å². The van der Waals surface area contributed by atoms with E-state index in [2.05, 4.69) is 70.2 Å². The Bertz CT molecular complexity index is 1120. The van der Waals surface area contributed by atoms with E-state index in [0.29, 0.717) is 21.8 Å². The number of hydrogen-bond donors (Lipinski definition) is 4. The van der Waals surface area contributed by atoms with Crippen LogP contribution in [0.15, 0.2) is 67.0 Å². The van der Waals surface area contributed by atoms with Crippen molar-refractivity contribution in [2.45, 2.75) is 67.7 Å². The zero-order valence-electron chi connectivity index (χ0n) is 28.6. The summed E-state index contributed by atoms with van der Waals surface area (Å²) < 4.78 is 8.52. The first kappa shape index (κ1) is 44.4. The maximum atomic E-state index is 12.4. The molecule has 0 saturated carbocycles. The Morgan fingerprint density at radius 2 is 1.67 bits per heavy atom. The van der Waals surface area contributed by atoms with Crippen molar-refractivity contribution < 1.29 is 9.59 Å². The molecule has 0 unspecified atom stereocenters. The van der Waals surface area contributed by atoms with Gasteiger partial charge in [0, 0.05) is 73.7 Å². The molecule has 0 saturated heterocycles. The number of benzene rings is 2. The second kappa shape index (κ2) is 31.2. The van der Waals surface area contributed by atoms with Crippen molar-refractivity contribution >= 4 is 64.9 Å². The van der Waals surface area contributed by atoms with E-state index in [1.807, 2.05) is 38.1 Å². The average molecular weight is 679 g/mol. The van der Waals surface area contributed by atoms with Crippen LogP contribution >= 0.6 is 35.7 Å². The van der Waals surface area contributed by atoms with Gasteiger partial charge in [0.05, 0.1) is 10.7 Å². The minimum absolute atomic E-state index is 0.154. The SMILES string of the molecule is CC.CCC.CCCCNSC.CCNSN(CC)c1ccc(C(=O)Nc2ccc(Cl)c(NC)c2)cc1.O=Cc1cccnc1. The van der Waals surface area contributed by atoms with Gasteiger partial charge in [0.25, 0.3) is 5.91 Å². The van der Waals surface area contributed by atoms with E-state index in [-0.39, 0.29) is 5.91 Å². The molecule has 0 radical (unpaired) electrons. The van der Waals surface area contributed by atoms with Crippen molar-refractivity contribution in [1.29, 1.82) is 0 Å². The van der Waals surface area contributed by atoms with Crippen LogP contribution in [-0.2, 0) is 0 Å². The van der Waals surface area contributed by atoms with Crippen LogP contribution < -0.4 is 24.4 Å². The number of hydrogen-bond acceptors (Lipinski definition) is 9. The van der Waals surface area contributed by atoms with Gasteiger partial charge in [-0.3, -0.25) is 19.3 Å². The molecule has 0 atom stereocenters. The fourth-order valence-electron chi connectivity index (χ4n) is 3.02. The summed E-state index contributed by atoms with van der Waals surface area (Å²) in [6.07, 6.45) is 9.80. The van der Waals surface area contributed by atoms with Crippen LogP contribution in [0.3, 0.4) is 0 Å². The minimum Gasteiger partial charge on any atom is -0.387 e. The lowest BCUT2D eigenvalue weighted by Crippen LogP contribution is -2.20. The van der Waals surface area contributed by atoms with Gasteiger partial charge in [-0.2, -0.15) is 0 Å². The molecule has 0 bridgehead atoms. The zero-order chi connectivity index (χ0) is 34.3. The molecule has 4 N–H and O–H groups in total. The van der Waals surface area contributed by atoms with Gasteiger partial charge in [-0.25, -0.2) is 4.72 Å². The van der Waals surface area contributed by atoms with Crippen LogP contribution in [0, 0.1) is 0 Å². The third-order valence-electron chi connectivity index (χ3n) is 5.11. The van der Waals surface area contributed by atoms with E-state index in [1.165, 1.54) is 25.5 Å². The lowest BCUT2D eigenvalue weighted by Gasteiger charge is -2.21. The molecule has 252 valence electrons. The monoisotopic (exact) mass is 678 g/mol. The number of carbonyl (C=O) groups is 2. The number of carbonyl (C=O) groups excluding carboxylic acids is 2. The van der Waals surface area contributed by atoms with Crippen LogP contribution in [0.1, 0.15) is 88.4 Å². The first-order valence-electron chi connectivity index (χ1n) is 15.5. The van der Waals surface area contributed by atoms with Crippen molar-refractivity contribution in [2.75, 3.05) is 47.9 Å². The summed E-state index contributed by atoms with van der Waals surface area (Å²) in [5, 5.41) is 6.50. The van der Waals surface area contributed by atoms with Gasteiger partial charge in [-0.05, 0) is 74.2 Å². The van der Waals surface area contributed by atoms with Gasteiger partial charge in [0.15, 0.2) is 6.29 Å². The van der Waals surface area contributed by atoms with E-state index in [9.17, 15) is 9.59 Å². The normalized spacial score (nSPS) is 9.29. The molecular formula is C34H55ClN6O2S2. The highest BCUT2D eigenvalue weighted by molar-refractivity contribution is 7.98. The quantitative estimate of drug-likeness (QED) is 0.0800. The van der Waals surface area contributed by atoms with E-state index < -0.39 is 0 Å². The second-order valence-corrected chi connectivity index (χ2v) is 10.8. The predicted molar refractivity (Wildman–Crippen MR) is 203 cm³/mol. The van der Waals surface area contributed by atoms with Gasteiger partial charge in [0.2, 0.25) is 0 Å². The molecule has 0 aliphatic carbocycles. The summed E-state index contributed by atoms with van der Waals surface area (Å²) in [5.74, 6) is -0.154. The minimum atomic E-state index is -0.154. The van der Waals surface area contributed by atoms with Gasteiger partial charge >= 0.3 is 0 Å². The first-order valence-corrected chi connectivity index (χ1v) is 17.9. The lowest BCUT2D eigenvalue weighted by atomic mass is 10.2. The number of rotatable bonds is 13. The van der Waals surface area contributed by atoms with Crippen LogP contribution in [0.4, 0.5) is 17.1 Å². The second-order valence-electron chi connectivity index (χ2n) is 8.79. The molecule has 0 spiro atoms. The molecule has 45 heavy (non-hydrogen) atoms. The highest BCUT2D eigenvalue weighted by atomic mass is 35.5. The Morgan fingerprint density at radius 1 is 1.00 bits per heavy atom. The number of aldehydes is 1. The van der Waals surface area contributed by atoms with Crippen molar-refractivity contribution in [2.24, 2.45) is 0 Å². The predicted octanol–water partition coefficient (Wildman–Crippen LogP) is 9.62. The molecular weight excluding hydrogens is 624 g/mol. The maximum Gasteiger partial charge on any atom is 0.255 e. The zero-order valence-corrected chi connectivity index (χ0v) is 31.0. The number of pyridine rings is 1. The summed E-state index contributed by atoms with van der Waals surface area (Å²) in [6.45, 7) is 17.5. The Kier molecular flexibility index (Phi) is 30.8. The Morgan fingerprint density at radius 3 is 2.13 bits per heavy atom. The maximum absolute atomic E-state index is 12.4. The number of nitrogens with one attached hydrogen (secondary N) is 4. The number of amides is 1. The number of anilines is 3. The number of nitrogens with zero attached hydrogens (tertiary/aromatic N) is 2. The molecule has 3 rings (SSSR count). The molecule has 2 aromatic carbocycles. The summed E-state index contributed by atoms with van der Waals surface area (Å²) >= 11 is 9.31. The van der Waals surface area contributed by atoms with Crippen LogP contribution in [-0.4, -0.2) is 50.1 Å². The van der Waals surface area contributed by atoms with Crippen molar-refractivity contribution in [3.05, 3.63) is 83.1 Å². The van der Waals surface area contributed by atoms with Gasteiger partial charge in [-0.1, -0.05) is 77.9 Å². The largest absolute Gasteiger partial charge is 0.387 e. The van der Waals surface area contributed by atoms with Gasteiger partial charge in [-0.15, -0.1) is 0 Å². The number of aromatic nitrogens is 1. The van der Waals surface area contributed by atoms with Crippen LogP contribution in [0.5, 0.6) is 0 Å². The third-order valence-corrected chi connectivity index (χ3v) is 7.04. The summed E-state index contributed by atoms with van der Waals surface area (Å²) in [7, 11) is 1.79. The molecule has 1 heterocycles. The summed E-state index contributed by atoms with van der Waals surface area (Å²) in [6, 6.07) is 16.3. The molecule has 3 aromatic rings. The van der Waals surface area contributed by atoms with Crippen molar-refractivity contribution in [3.8, 4) is 0 Å². The summed E-state index contributed by atoms with van der Waals surface area (Å²) in [4.78, 5) is 26.1. The van der Waals surface area contributed by atoms with E-state index in [4.69, 9.17) is 11.6 Å². The Hall–Kier alpha value is -2.76. The average Bonchev–Trinajstić information content (AvgIpc) is 3.08. The van der Waals surface area contributed by atoms with Crippen molar-refractivity contribution in [1.82, 2.24) is 14.4 Å². The molecule has 0 fully saturated rings. The third kappa shape index (κ3) is 21.6. The first-order chi connectivity index (χ1) is 21.8. The molecule has 11 heteroatoms. The highest BCUT2D eigenvalue weighted by Crippen LogP contribution is 2.26. The number of unbranched alkanes of at least 4 members (excludes halogenated alkanes) is 1. The number of halogens is 1. The molecule has 1 aromatic heterocycles. The van der Waals surface area contributed by atoms with Gasteiger partial charge in [0.1, 0.15) is 0 Å². The smallest absolute Gasteiger partial charge is 0.255 e. The van der Waals surface area contributed by atoms with E-state index >= 15 is 0 Å². The molecule has 0 aliphatic rings. The van der Waals surface area contributed by atoms with Crippen LogP contribution in [0.25, 0.3) is 0 Å². The van der Waals surface area contributed by atoms with E-state index in [1.54, 1.807) is 67.7 Å². The van der Waals surface area contributed by atoms with Gasteiger partial charge < -0.3 is 14.9 Å².